The predicted octanol–water partition coefficient (Wildman–Crippen LogP) is 16.4. The smallest absolute Gasteiger partial charge is 0.511 e. The summed E-state index contributed by atoms with van der Waals surface area (Å²) in [5.41, 5.74) is 27.6. The van der Waals surface area contributed by atoms with Gasteiger partial charge in [-0.3, -0.25) is 25.5 Å². The van der Waals surface area contributed by atoms with Crippen LogP contribution in [-0.4, -0.2) is 140 Å². The van der Waals surface area contributed by atoms with Crippen LogP contribution in [0.4, 0.5) is 85.6 Å². The van der Waals surface area contributed by atoms with Crippen LogP contribution in [0.15, 0.2) is 306 Å². The maximum absolute atomic E-state index is 6.15. The van der Waals surface area contributed by atoms with Gasteiger partial charge in [0.2, 0.25) is 0 Å². The number of fused-ring (bicyclic) bond motifs is 2. The molecule has 5 N–H and O–H groups in total. The third-order valence-electron chi connectivity index (χ3n) is 21.4. The monoisotopic (exact) mass is 2860 g/mol. The van der Waals surface area contributed by atoms with Gasteiger partial charge in [0.25, 0.3) is 0 Å². The first-order chi connectivity index (χ1) is 69.0. The first-order valence-corrected chi connectivity index (χ1v) is 44.4. The summed E-state index contributed by atoms with van der Waals surface area (Å²) in [5, 5.41) is 35.9. The Kier molecular flexibility index (Phi) is 36.5. The van der Waals surface area contributed by atoms with Crippen LogP contribution < -0.4 is 116 Å². The van der Waals surface area contributed by atoms with Crippen LogP contribution in [0.25, 0.3) is 0 Å². The van der Waals surface area contributed by atoms with Gasteiger partial charge < -0.3 is 97.7 Å². The number of hydrogen-bond acceptors (Lipinski definition) is 37. The van der Waals surface area contributed by atoms with E-state index in [2.05, 4.69) is 221 Å². The van der Waals surface area contributed by atoms with E-state index in [9.17, 15) is 0 Å². The van der Waals surface area contributed by atoms with Crippen molar-refractivity contribution in [2.24, 2.45) is 25.5 Å². The Bertz CT molecular complexity index is 6660. The molecule has 10 aliphatic rings. The molecule has 0 bridgehead atoms. The molecule has 1 aromatic heterocycles. The zero-order valence-corrected chi connectivity index (χ0v) is 92.0. The molecular formula is C105H92N32O5Pt5. The van der Waals surface area contributed by atoms with Crippen molar-refractivity contribution in [1.82, 2.24) is 73.0 Å². The molecule has 0 aliphatic carbocycles. The van der Waals surface area contributed by atoms with Crippen molar-refractivity contribution in [2.45, 2.75) is 26.2 Å². The Labute approximate surface area is 928 Å². The van der Waals surface area contributed by atoms with Crippen LogP contribution >= 0.6 is 0 Å². The van der Waals surface area contributed by atoms with Gasteiger partial charge in [-0.1, -0.05) is 56.8 Å². The zero-order valence-electron chi connectivity index (χ0n) is 80.6. The summed E-state index contributed by atoms with van der Waals surface area (Å²) in [6, 6.07) is 106. The van der Waals surface area contributed by atoms with Crippen LogP contribution in [0.5, 0.6) is 57.5 Å². The van der Waals surface area contributed by atoms with Gasteiger partial charge in [0.15, 0.2) is 0 Å². The van der Waals surface area contributed by atoms with Gasteiger partial charge >= 0.3 is 105 Å². The molecule has 0 spiro atoms. The molecule has 23 rings (SSSR count). The Balaban J connectivity index is 0.000000144. The Morgan fingerprint density at radius 2 is 0.551 bits per heavy atom. The maximum Gasteiger partial charge on any atom is 4.00 e. The number of aromatic nitrogens is 2. The van der Waals surface area contributed by atoms with Gasteiger partial charge in [-0.15, -0.1) is 163 Å². The number of rotatable bonds is 21. The summed E-state index contributed by atoms with van der Waals surface area (Å²) in [4.78, 5) is 28.8. The van der Waals surface area contributed by atoms with Gasteiger partial charge in [-0.2, -0.15) is 102 Å². The van der Waals surface area contributed by atoms with Crippen molar-refractivity contribution in [1.29, 1.82) is 0 Å². The third-order valence-corrected chi connectivity index (χ3v) is 21.4. The maximum atomic E-state index is 6.15. The van der Waals surface area contributed by atoms with E-state index in [1.165, 1.54) is 0 Å². The molecule has 0 radical (unpaired) electrons. The number of nitrogens with one attached hydrogen (secondary N) is 5. The van der Waals surface area contributed by atoms with Crippen molar-refractivity contribution in [3.05, 3.63) is 380 Å². The van der Waals surface area contributed by atoms with E-state index in [1.807, 2.05) is 333 Å². The normalized spacial score (nSPS) is 15.1. The molecule has 0 unspecified atom stereocenters. The molecule has 37 nitrogen and oxygen atoms in total. The Morgan fingerprint density at radius 1 is 0.259 bits per heavy atom. The fourth-order valence-corrected chi connectivity index (χ4v) is 14.6. The molecule has 12 aromatic carbocycles. The van der Waals surface area contributed by atoms with Crippen molar-refractivity contribution in [3.63, 3.8) is 0 Å². The molecule has 13 aromatic rings. The molecule has 0 amide bonds. The summed E-state index contributed by atoms with van der Waals surface area (Å²) < 4.78 is 30.1. The summed E-state index contributed by atoms with van der Waals surface area (Å²) in [7, 11) is 16.9. The zero-order chi connectivity index (χ0) is 97.7. The van der Waals surface area contributed by atoms with Crippen LogP contribution in [0.3, 0.4) is 0 Å². The number of para-hydroxylation sites is 3. The van der Waals surface area contributed by atoms with Crippen LogP contribution in [0, 0.1) is 94.0 Å². The molecule has 147 heavy (non-hydrogen) atoms. The Hall–Kier alpha value is -14.5. The summed E-state index contributed by atoms with van der Waals surface area (Å²) in [6.07, 6.45) is 29.4. The van der Waals surface area contributed by atoms with Crippen molar-refractivity contribution in [2.75, 3.05) is 128 Å². The fourth-order valence-electron chi connectivity index (χ4n) is 14.6. The van der Waals surface area contributed by atoms with Crippen LogP contribution in [0.2, 0.25) is 0 Å². The van der Waals surface area contributed by atoms with E-state index >= 15 is 0 Å². The first kappa shape index (κ1) is 108. The number of benzene rings is 12. The molecule has 11 heterocycles. The standard InChI is InChI=1S/C23H18N6O.C22H18N6O.C22H24N6O.C20H16N8O.C18H16N6O.5Pt/c1-26-24-17-29(25-26)21-10-6-12-23(16-21)30-22-11-5-9-20(15-22)28-14-13-27(18-28)19-7-3-2-4-8-19;1-25-16-27(22-12-4-3-11-21(22)25)17-7-5-9-19(13-17)29-20-10-6-8-18(14-20)28-15-23-26(2)24-28;1-22(2,3)17-11-19(27-10-9-25(4)16-27)14-21(12-17)29-20-8-6-7-18(13-20)28-15-23-26(5)24-28;1-25-14-27(20-19(25)21-9-10-22-20)15-5-3-7-17(11-15)29-18-8-4-6-16(12-18)28-13-23-26(2)24-28;1-21-9-10-23(14-21)15-5-3-7-17(11-15)25-18-8-4-6-16(12-18)24-13-19-22(2)20-24;;;;;/h2-14,18,25H,1H3;3-12,16,24H,1-2H3;6-12,16,24H,1-5H3;3-10,14,24H,1-2H3;3-10,14,20H,1-2H3;;;;;/q5*-4;5*+4. The quantitative estimate of drug-likeness (QED) is 0.0419. The third kappa shape index (κ3) is 27.5. The summed E-state index contributed by atoms with van der Waals surface area (Å²) >= 11 is 0. The van der Waals surface area contributed by atoms with E-state index in [4.69, 9.17) is 23.7 Å². The van der Waals surface area contributed by atoms with E-state index in [1.54, 1.807) is 98.3 Å². The second-order valence-electron chi connectivity index (χ2n) is 33.2. The molecule has 42 heteroatoms. The second-order valence-corrected chi connectivity index (χ2v) is 33.2. The van der Waals surface area contributed by atoms with Gasteiger partial charge in [-0.25, -0.2) is 125 Å². The van der Waals surface area contributed by atoms with Crippen molar-refractivity contribution >= 4 is 117 Å². The molecule has 10 aliphatic heterocycles. The molecule has 0 fully saturated rings. The van der Waals surface area contributed by atoms with Gasteiger partial charge in [0.1, 0.15) is 11.6 Å². The number of ether oxygens (including phenoxy) is 5. The molecule has 0 saturated heterocycles. The average molecular weight is 2860 g/mol. The first-order valence-electron chi connectivity index (χ1n) is 44.4. The fraction of sp³-hybridized carbons (Fsp3) is 0.124. The predicted molar refractivity (Wildman–Crippen MR) is 546 cm³/mol. The van der Waals surface area contributed by atoms with Gasteiger partial charge in [0.05, 0.1) is 0 Å². The van der Waals surface area contributed by atoms with Crippen LogP contribution in [0.1, 0.15) is 26.3 Å². The van der Waals surface area contributed by atoms with E-state index in [-0.39, 0.29) is 111 Å². The Morgan fingerprint density at radius 3 is 0.912 bits per heavy atom. The molecule has 0 saturated carbocycles. The number of hydrogen-bond donors (Lipinski definition) is 5. The van der Waals surface area contributed by atoms with E-state index in [0.717, 1.165) is 91.1 Å². The van der Waals surface area contributed by atoms with Gasteiger partial charge in [-0.05, 0) is 156 Å². The molecule has 0 atom stereocenters. The van der Waals surface area contributed by atoms with Crippen LogP contribution in [-0.2, 0) is 111 Å². The molecular weight excluding hydrogens is 2760 g/mol. The number of hydrazine groups is 10. The largest absolute Gasteiger partial charge is 4.00 e. The minimum Gasteiger partial charge on any atom is -0.511 e. The van der Waals surface area contributed by atoms with E-state index in [0.29, 0.717) is 57.5 Å². The number of nitrogens with zero attached hydrogens (tertiary/aromatic N) is 27. The summed E-state index contributed by atoms with van der Waals surface area (Å²) in [6.45, 7) is 16.5. The second kappa shape index (κ2) is 49.6. The summed E-state index contributed by atoms with van der Waals surface area (Å²) in [5.74, 6) is 7.45. The average Bonchev–Trinajstić information content (AvgIpc) is 1.65. The number of hydrazone groups is 5. The molecule has 752 valence electrons. The van der Waals surface area contributed by atoms with Crippen molar-refractivity contribution in [3.8, 4) is 57.5 Å². The minimum absolute atomic E-state index is 0. The number of anilines is 15. The minimum atomic E-state index is -0.0294. The van der Waals surface area contributed by atoms with E-state index < -0.39 is 0 Å². The topological polar surface area (TPSA) is 259 Å². The van der Waals surface area contributed by atoms with Crippen molar-refractivity contribution < 1.29 is 129 Å². The SMILES string of the molecule is CN1C=CN(c2[c-]c(Oc3[c-]c(N4[C-]=NN(C)N4)ccc3)cc(C(C)(C)C)c2)[CH-]1.CN1C=CN(c2[c-]c(Oc3[c-]c(N4[C-]=NN(C)N4)ccc3)ccc2)[CH-]1.CN1N=[C-]N(c2[c-]c(Oc3[c-]c(N4C=CN(c5ccccc5)[CH-]4)ccc3)ccc2)N1.CN1N=[C-]N(c2[c-]c(Oc3[c-]c(N4[CH-]N(C)c5ccccc54)ccc3)ccc2)N1.CN1N=[C-]N(c2[c-]c(Oc3[c-]c(N4[CH-]N(C)c5nccnc54)ccc3)ccc2)N1.[Pt+4].[Pt+4].[Pt+4].[Pt+4].[Pt+4]. The van der Waals surface area contributed by atoms with Gasteiger partial charge in [0, 0.05) is 93.4 Å².